The Kier molecular flexibility index (Phi) is 5.04. The van der Waals surface area contributed by atoms with Crippen LogP contribution in [0.2, 0.25) is 0 Å². The molecule has 1 fully saturated rings. The molecule has 2 aromatic heterocycles. The first-order valence-electron chi connectivity index (χ1n) is 8.89. The fourth-order valence-corrected chi connectivity index (χ4v) is 3.25. The monoisotopic (exact) mass is 350 g/mol. The second-order valence-corrected chi connectivity index (χ2v) is 6.46. The number of ether oxygens (including phenoxy) is 2. The molecule has 0 aliphatic carbocycles. The van der Waals surface area contributed by atoms with Crippen LogP contribution in [0.15, 0.2) is 48.7 Å². The van der Waals surface area contributed by atoms with Crippen molar-refractivity contribution in [2.24, 2.45) is 0 Å². The minimum atomic E-state index is 0.0212. The summed E-state index contributed by atoms with van der Waals surface area (Å²) in [5.41, 5.74) is 1.85. The van der Waals surface area contributed by atoms with Gasteiger partial charge in [0, 0.05) is 23.6 Å². The van der Waals surface area contributed by atoms with Gasteiger partial charge in [-0.25, -0.2) is 0 Å². The average Bonchev–Trinajstić information content (AvgIpc) is 2.70. The van der Waals surface area contributed by atoms with Crippen LogP contribution in [0, 0.1) is 6.92 Å². The Morgan fingerprint density at radius 1 is 1.12 bits per heavy atom. The lowest BCUT2D eigenvalue weighted by Crippen LogP contribution is -2.44. The molecule has 26 heavy (non-hydrogen) atoms. The van der Waals surface area contributed by atoms with Crippen LogP contribution in [0.5, 0.6) is 0 Å². The fraction of sp³-hybridized carbons (Fsp3) is 0.350. The second-order valence-electron chi connectivity index (χ2n) is 6.46. The number of anilines is 1. The second kappa shape index (κ2) is 7.76. The van der Waals surface area contributed by atoms with Gasteiger partial charge < -0.3 is 14.8 Å². The summed E-state index contributed by atoms with van der Waals surface area (Å²) >= 11 is 0. The molecule has 0 radical (unpaired) electrons. The van der Waals surface area contributed by atoms with E-state index in [1.165, 1.54) is 0 Å². The van der Waals surface area contributed by atoms with Crippen LogP contribution in [0.1, 0.15) is 17.8 Å². The standard InChI is InChI=1S/C20H22N4O2/c1-14-16-7-2-3-8-17(16)20(24-23-14)22-18-13-25-11-9-19(18)26-12-15-6-4-5-10-21-15/h2-8,10,18-19H,9,11-13H2,1H3,(H,22,24)/t18-,19-/m1/s1. The van der Waals surface area contributed by atoms with Crippen molar-refractivity contribution in [3.05, 3.63) is 60.0 Å². The molecule has 3 aromatic rings. The first-order chi connectivity index (χ1) is 12.8. The van der Waals surface area contributed by atoms with Crippen LogP contribution in [0.3, 0.4) is 0 Å². The normalized spacial score (nSPS) is 20.2. The SMILES string of the molecule is Cc1nnc(N[C@@H]2COCC[C@H]2OCc2ccccn2)c2ccccc12. The van der Waals surface area contributed by atoms with Crippen molar-refractivity contribution in [3.8, 4) is 0 Å². The fourth-order valence-electron chi connectivity index (χ4n) is 3.25. The van der Waals surface area contributed by atoms with Gasteiger partial charge in [-0.15, -0.1) is 5.10 Å². The van der Waals surface area contributed by atoms with Crippen molar-refractivity contribution < 1.29 is 9.47 Å². The molecule has 1 aliphatic rings. The number of pyridine rings is 1. The first kappa shape index (κ1) is 16.9. The third-order valence-electron chi connectivity index (χ3n) is 4.66. The van der Waals surface area contributed by atoms with Gasteiger partial charge in [0.05, 0.1) is 36.7 Å². The van der Waals surface area contributed by atoms with Gasteiger partial charge in [-0.2, -0.15) is 5.10 Å². The van der Waals surface area contributed by atoms with Gasteiger partial charge in [0.25, 0.3) is 0 Å². The number of fused-ring (bicyclic) bond motifs is 1. The quantitative estimate of drug-likeness (QED) is 0.762. The molecule has 0 unspecified atom stereocenters. The zero-order chi connectivity index (χ0) is 17.8. The first-order valence-corrected chi connectivity index (χ1v) is 8.89. The van der Waals surface area contributed by atoms with Gasteiger partial charge in [-0.3, -0.25) is 4.98 Å². The Hall–Kier alpha value is -2.57. The molecule has 6 nitrogen and oxygen atoms in total. The van der Waals surface area contributed by atoms with Crippen molar-refractivity contribution in [2.45, 2.75) is 32.1 Å². The molecule has 1 aromatic carbocycles. The summed E-state index contributed by atoms with van der Waals surface area (Å²) in [7, 11) is 0. The highest BCUT2D eigenvalue weighted by molar-refractivity contribution is 5.92. The molecule has 1 saturated heterocycles. The smallest absolute Gasteiger partial charge is 0.156 e. The van der Waals surface area contributed by atoms with Gasteiger partial charge in [-0.1, -0.05) is 30.3 Å². The molecule has 4 rings (SSSR count). The maximum atomic E-state index is 6.14. The summed E-state index contributed by atoms with van der Waals surface area (Å²) in [6.45, 7) is 3.74. The van der Waals surface area contributed by atoms with E-state index in [4.69, 9.17) is 9.47 Å². The van der Waals surface area contributed by atoms with E-state index >= 15 is 0 Å². The summed E-state index contributed by atoms with van der Waals surface area (Å²) in [5.74, 6) is 0.771. The van der Waals surface area contributed by atoms with Crippen molar-refractivity contribution in [3.63, 3.8) is 0 Å². The molecule has 0 amide bonds. The lowest BCUT2D eigenvalue weighted by atomic mass is 10.1. The van der Waals surface area contributed by atoms with E-state index in [9.17, 15) is 0 Å². The number of benzene rings is 1. The molecule has 6 heteroatoms. The number of aryl methyl sites for hydroxylation is 1. The van der Waals surface area contributed by atoms with Gasteiger partial charge in [0.15, 0.2) is 5.82 Å². The third-order valence-corrected chi connectivity index (χ3v) is 4.66. The Labute approximate surface area is 152 Å². The van der Waals surface area contributed by atoms with Crippen molar-refractivity contribution >= 4 is 16.6 Å². The van der Waals surface area contributed by atoms with E-state index in [1.54, 1.807) is 6.20 Å². The molecule has 2 atom stereocenters. The van der Waals surface area contributed by atoms with Gasteiger partial charge in [0.2, 0.25) is 0 Å². The van der Waals surface area contributed by atoms with E-state index in [0.717, 1.165) is 34.4 Å². The van der Waals surface area contributed by atoms with Gasteiger partial charge >= 0.3 is 0 Å². The number of hydrogen-bond donors (Lipinski definition) is 1. The highest BCUT2D eigenvalue weighted by Gasteiger charge is 2.27. The Morgan fingerprint density at radius 3 is 2.81 bits per heavy atom. The van der Waals surface area contributed by atoms with Crippen LogP contribution >= 0.6 is 0 Å². The summed E-state index contributed by atoms with van der Waals surface area (Å²) in [4.78, 5) is 4.32. The van der Waals surface area contributed by atoms with Crippen molar-refractivity contribution in [1.82, 2.24) is 15.2 Å². The zero-order valence-corrected chi connectivity index (χ0v) is 14.8. The topological polar surface area (TPSA) is 69.2 Å². The summed E-state index contributed by atoms with van der Waals surface area (Å²) < 4.78 is 11.8. The summed E-state index contributed by atoms with van der Waals surface area (Å²) in [5, 5.41) is 14.3. The largest absolute Gasteiger partial charge is 0.379 e. The number of aromatic nitrogens is 3. The van der Waals surface area contributed by atoms with E-state index in [0.29, 0.717) is 19.8 Å². The Bertz CT molecular complexity index is 872. The molecule has 0 spiro atoms. The number of nitrogens with zero attached hydrogens (tertiary/aromatic N) is 3. The number of nitrogens with one attached hydrogen (secondary N) is 1. The molecular formula is C20H22N4O2. The van der Waals surface area contributed by atoms with Crippen molar-refractivity contribution in [2.75, 3.05) is 18.5 Å². The van der Waals surface area contributed by atoms with E-state index in [2.05, 4.69) is 32.6 Å². The maximum Gasteiger partial charge on any atom is 0.156 e. The minimum absolute atomic E-state index is 0.0212. The zero-order valence-electron chi connectivity index (χ0n) is 14.8. The predicted octanol–water partition coefficient (Wildman–Crippen LogP) is 3.12. The number of rotatable bonds is 5. The average molecular weight is 350 g/mol. The summed E-state index contributed by atoms with van der Waals surface area (Å²) in [6, 6.07) is 14.0. The van der Waals surface area contributed by atoms with Crippen LogP contribution in [-0.2, 0) is 16.1 Å². The molecular weight excluding hydrogens is 328 g/mol. The van der Waals surface area contributed by atoms with Crippen LogP contribution in [0.25, 0.3) is 10.8 Å². The van der Waals surface area contributed by atoms with Crippen LogP contribution < -0.4 is 5.32 Å². The summed E-state index contributed by atoms with van der Waals surface area (Å²) in [6.07, 6.45) is 2.65. The molecule has 1 aliphatic heterocycles. The Balaban J connectivity index is 1.51. The highest BCUT2D eigenvalue weighted by Crippen LogP contribution is 2.25. The maximum absolute atomic E-state index is 6.14. The van der Waals surface area contributed by atoms with Gasteiger partial charge in [0.1, 0.15) is 0 Å². The third kappa shape index (κ3) is 3.66. The Morgan fingerprint density at radius 2 is 1.96 bits per heavy atom. The van der Waals surface area contributed by atoms with Gasteiger partial charge in [-0.05, 0) is 25.5 Å². The van der Waals surface area contributed by atoms with E-state index in [1.807, 2.05) is 37.3 Å². The predicted molar refractivity (Wildman–Crippen MR) is 99.9 cm³/mol. The lowest BCUT2D eigenvalue weighted by molar-refractivity contribution is -0.0487. The molecule has 0 bridgehead atoms. The highest BCUT2D eigenvalue weighted by atomic mass is 16.5. The molecule has 1 N–H and O–H groups in total. The van der Waals surface area contributed by atoms with Crippen LogP contribution in [0.4, 0.5) is 5.82 Å². The van der Waals surface area contributed by atoms with E-state index in [-0.39, 0.29) is 12.1 Å². The van der Waals surface area contributed by atoms with E-state index < -0.39 is 0 Å². The molecule has 134 valence electrons. The molecule has 3 heterocycles. The minimum Gasteiger partial charge on any atom is -0.379 e. The van der Waals surface area contributed by atoms with Crippen molar-refractivity contribution in [1.29, 1.82) is 0 Å². The van der Waals surface area contributed by atoms with Crippen LogP contribution in [-0.4, -0.2) is 40.5 Å². The number of hydrogen-bond acceptors (Lipinski definition) is 6. The molecule has 0 saturated carbocycles. The lowest BCUT2D eigenvalue weighted by Gasteiger charge is -2.32.